The molecule has 1 aromatic rings. The number of rotatable bonds is 5. The van der Waals surface area contributed by atoms with Crippen molar-refractivity contribution in [2.24, 2.45) is 0 Å². The van der Waals surface area contributed by atoms with Crippen molar-refractivity contribution in [2.45, 2.75) is 20.8 Å². The number of carbonyl (C=O) groups excluding carboxylic acids is 1. The molecule has 0 heterocycles. The van der Waals surface area contributed by atoms with Crippen LogP contribution in [0, 0.1) is 6.92 Å². The molecule has 0 radical (unpaired) electrons. The van der Waals surface area contributed by atoms with Crippen LogP contribution in [0.4, 0.5) is 0 Å². The summed E-state index contributed by atoms with van der Waals surface area (Å²) in [4.78, 5) is 13.7. The van der Waals surface area contributed by atoms with Gasteiger partial charge in [0.25, 0.3) is 0 Å². The smallest absolute Gasteiger partial charge is 0.246 e. The van der Waals surface area contributed by atoms with Gasteiger partial charge >= 0.3 is 0 Å². The fourth-order valence-electron chi connectivity index (χ4n) is 1.62. The van der Waals surface area contributed by atoms with E-state index in [1.807, 2.05) is 51.1 Å². The predicted molar refractivity (Wildman–Crippen MR) is 77.3 cm³/mol. The average Bonchev–Trinajstić information content (AvgIpc) is 2.34. The average molecular weight is 243 g/mol. The van der Waals surface area contributed by atoms with Crippen LogP contribution in [-0.2, 0) is 4.79 Å². The van der Waals surface area contributed by atoms with Crippen molar-refractivity contribution < 1.29 is 4.79 Å². The highest BCUT2D eigenvalue weighted by atomic mass is 16.2. The van der Waals surface area contributed by atoms with Crippen LogP contribution in [0.2, 0.25) is 0 Å². The third-order valence-electron chi connectivity index (χ3n) is 2.65. The number of hydrogen-bond acceptors (Lipinski definition) is 1. The Bertz CT molecular complexity index is 443. The van der Waals surface area contributed by atoms with E-state index in [1.165, 1.54) is 5.56 Å². The van der Waals surface area contributed by atoms with Gasteiger partial charge < -0.3 is 4.90 Å². The number of hydrogen-bond donors (Lipinski definition) is 0. The number of carbonyl (C=O) groups is 1. The van der Waals surface area contributed by atoms with Crippen LogP contribution >= 0.6 is 0 Å². The van der Waals surface area contributed by atoms with Crippen molar-refractivity contribution in [3.8, 4) is 0 Å². The zero-order valence-electron chi connectivity index (χ0n) is 11.4. The van der Waals surface area contributed by atoms with Gasteiger partial charge in [0.2, 0.25) is 5.91 Å². The summed E-state index contributed by atoms with van der Waals surface area (Å²) in [6, 6.07) is 8.09. The van der Waals surface area contributed by atoms with Crippen LogP contribution in [0.3, 0.4) is 0 Å². The first kappa shape index (κ1) is 14.2. The lowest BCUT2D eigenvalue weighted by atomic mass is 10.1. The SMILES string of the molecule is C=C(C)CN(CC)C(=O)/C=C/c1ccc(C)cc1. The summed E-state index contributed by atoms with van der Waals surface area (Å²) in [5, 5.41) is 0. The Morgan fingerprint density at radius 3 is 2.44 bits per heavy atom. The minimum atomic E-state index is 0.0288. The Hall–Kier alpha value is -1.83. The van der Waals surface area contributed by atoms with Gasteiger partial charge in [0.05, 0.1) is 0 Å². The molecule has 0 aliphatic carbocycles. The van der Waals surface area contributed by atoms with Gasteiger partial charge in [-0.3, -0.25) is 4.79 Å². The summed E-state index contributed by atoms with van der Waals surface area (Å²) in [5.41, 5.74) is 3.25. The second-order valence-corrected chi connectivity index (χ2v) is 4.55. The molecule has 1 aromatic carbocycles. The summed E-state index contributed by atoms with van der Waals surface area (Å²) in [5.74, 6) is 0.0288. The molecule has 0 aliphatic rings. The first-order chi connectivity index (χ1) is 8.52. The van der Waals surface area contributed by atoms with Crippen molar-refractivity contribution in [1.82, 2.24) is 4.90 Å². The van der Waals surface area contributed by atoms with Gasteiger partial charge in [-0.25, -0.2) is 0 Å². The minimum absolute atomic E-state index is 0.0288. The van der Waals surface area contributed by atoms with E-state index < -0.39 is 0 Å². The number of likely N-dealkylation sites (N-methyl/N-ethyl adjacent to an activating group) is 1. The summed E-state index contributed by atoms with van der Waals surface area (Å²) in [6.07, 6.45) is 3.47. The van der Waals surface area contributed by atoms with E-state index >= 15 is 0 Å². The van der Waals surface area contributed by atoms with Crippen LogP contribution in [0.1, 0.15) is 25.0 Å². The van der Waals surface area contributed by atoms with E-state index in [-0.39, 0.29) is 5.91 Å². The van der Waals surface area contributed by atoms with E-state index in [0.717, 1.165) is 11.1 Å². The molecule has 0 bridgehead atoms. The molecule has 0 unspecified atom stereocenters. The molecule has 18 heavy (non-hydrogen) atoms. The first-order valence-corrected chi connectivity index (χ1v) is 6.21. The summed E-state index contributed by atoms with van der Waals surface area (Å²) >= 11 is 0. The molecule has 0 atom stereocenters. The van der Waals surface area contributed by atoms with Gasteiger partial charge in [-0.15, -0.1) is 0 Å². The van der Waals surface area contributed by atoms with E-state index in [4.69, 9.17) is 0 Å². The maximum Gasteiger partial charge on any atom is 0.246 e. The quantitative estimate of drug-likeness (QED) is 0.573. The molecule has 96 valence electrons. The van der Waals surface area contributed by atoms with Gasteiger partial charge in [0.1, 0.15) is 0 Å². The highest BCUT2D eigenvalue weighted by molar-refractivity contribution is 5.91. The van der Waals surface area contributed by atoms with Gasteiger partial charge in [-0.1, -0.05) is 42.0 Å². The molecule has 1 rings (SSSR count). The lowest BCUT2D eigenvalue weighted by molar-refractivity contribution is -0.125. The highest BCUT2D eigenvalue weighted by Crippen LogP contribution is 2.06. The molecule has 0 spiro atoms. The predicted octanol–water partition coefficient (Wildman–Crippen LogP) is 3.43. The van der Waals surface area contributed by atoms with Crippen LogP contribution in [0.5, 0.6) is 0 Å². The molecule has 0 fully saturated rings. The van der Waals surface area contributed by atoms with E-state index in [0.29, 0.717) is 13.1 Å². The first-order valence-electron chi connectivity index (χ1n) is 6.21. The maximum atomic E-state index is 11.9. The Morgan fingerprint density at radius 1 is 1.33 bits per heavy atom. The number of benzene rings is 1. The van der Waals surface area contributed by atoms with E-state index in [9.17, 15) is 4.79 Å². The molecule has 0 N–H and O–H groups in total. The number of amides is 1. The largest absolute Gasteiger partial charge is 0.335 e. The lowest BCUT2D eigenvalue weighted by Gasteiger charge is -2.18. The van der Waals surface area contributed by atoms with Crippen molar-refractivity contribution in [3.63, 3.8) is 0 Å². The second-order valence-electron chi connectivity index (χ2n) is 4.55. The summed E-state index contributed by atoms with van der Waals surface area (Å²) in [7, 11) is 0. The van der Waals surface area contributed by atoms with E-state index in [2.05, 4.69) is 6.58 Å². The summed E-state index contributed by atoms with van der Waals surface area (Å²) < 4.78 is 0. The zero-order chi connectivity index (χ0) is 13.5. The molecular formula is C16H21NO. The third kappa shape index (κ3) is 4.58. The van der Waals surface area contributed by atoms with Crippen molar-refractivity contribution >= 4 is 12.0 Å². The van der Waals surface area contributed by atoms with Crippen LogP contribution in [0.15, 0.2) is 42.5 Å². The van der Waals surface area contributed by atoms with Crippen molar-refractivity contribution in [3.05, 3.63) is 53.6 Å². The van der Waals surface area contributed by atoms with Crippen LogP contribution < -0.4 is 0 Å². The van der Waals surface area contributed by atoms with E-state index in [1.54, 1.807) is 11.0 Å². The standard InChI is InChI=1S/C16H21NO/c1-5-17(12-13(2)3)16(18)11-10-15-8-6-14(4)7-9-15/h6-11H,2,5,12H2,1,3-4H3/b11-10+. The van der Waals surface area contributed by atoms with Crippen molar-refractivity contribution in [1.29, 1.82) is 0 Å². The Morgan fingerprint density at radius 2 is 1.94 bits per heavy atom. The molecule has 0 aliphatic heterocycles. The molecule has 0 saturated heterocycles. The normalized spacial score (nSPS) is 10.6. The fraction of sp³-hybridized carbons (Fsp3) is 0.312. The molecule has 2 nitrogen and oxygen atoms in total. The number of aryl methyl sites for hydroxylation is 1. The molecule has 2 heteroatoms. The highest BCUT2D eigenvalue weighted by Gasteiger charge is 2.07. The minimum Gasteiger partial charge on any atom is -0.335 e. The van der Waals surface area contributed by atoms with Crippen molar-refractivity contribution in [2.75, 3.05) is 13.1 Å². The van der Waals surface area contributed by atoms with Gasteiger partial charge in [0, 0.05) is 19.2 Å². The lowest BCUT2D eigenvalue weighted by Crippen LogP contribution is -2.30. The van der Waals surface area contributed by atoms with Gasteiger partial charge in [-0.2, -0.15) is 0 Å². The summed E-state index contributed by atoms with van der Waals surface area (Å²) in [6.45, 7) is 11.1. The Kier molecular flexibility index (Phi) is 5.37. The topological polar surface area (TPSA) is 20.3 Å². The third-order valence-corrected chi connectivity index (χ3v) is 2.65. The van der Waals surface area contributed by atoms with Gasteiger partial charge in [0.15, 0.2) is 0 Å². The number of nitrogens with zero attached hydrogens (tertiary/aromatic N) is 1. The fourth-order valence-corrected chi connectivity index (χ4v) is 1.62. The molecular weight excluding hydrogens is 222 g/mol. The monoisotopic (exact) mass is 243 g/mol. The zero-order valence-corrected chi connectivity index (χ0v) is 11.4. The molecule has 0 aromatic heterocycles. The van der Waals surface area contributed by atoms with Crippen LogP contribution in [-0.4, -0.2) is 23.9 Å². The maximum absolute atomic E-state index is 11.9. The second kappa shape index (κ2) is 6.80. The van der Waals surface area contributed by atoms with Crippen LogP contribution in [0.25, 0.3) is 6.08 Å². The Labute approximate surface area is 110 Å². The molecule has 0 saturated carbocycles. The Balaban J connectivity index is 2.67. The molecule has 1 amide bonds. The van der Waals surface area contributed by atoms with Gasteiger partial charge in [-0.05, 0) is 32.4 Å².